The maximum absolute atomic E-state index is 11.2. The van der Waals surface area contributed by atoms with Crippen molar-refractivity contribution < 1.29 is 4.79 Å². The smallest absolute Gasteiger partial charge is 0.221 e. The van der Waals surface area contributed by atoms with Gasteiger partial charge in [0, 0.05) is 37.9 Å². The van der Waals surface area contributed by atoms with Crippen molar-refractivity contribution in [3.05, 3.63) is 24.0 Å². The zero-order valence-electron chi connectivity index (χ0n) is 8.49. The Morgan fingerprint density at radius 3 is 3.07 bits per heavy atom. The Morgan fingerprint density at radius 1 is 1.64 bits per heavy atom. The van der Waals surface area contributed by atoms with Gasteiger partial charge in [0.1, 0.15) is 0 Å². The molecular formula is C10H17N3O. The van der Waals surface area contributed by atoms with Crippen LogP contribution in [0.25, 0.3) is 0 Å². The molecule has 1 amide bonds. The van der Waals surface area contributed by atoms with E-state index in [-0.39, 0.29) is 5.91 Å². The summed E-state index contributed by atoms with van der Waals surface area (Å²) in [6.07, 6.45) is 2.46. The number of carbonyl (C=O) groups is 1. The molecule has 0 saturated heterocycles. The van der Waals surface area contributed by atoms with Gasteiger partial charge in [0.2, 0.25) is 5.91 Å². The molecule has 14 heavy (non-hydrogen) atoms. The molecule has 78 valence electrons. The van der Waals surface area contributed by atoms with E-state index in [2.05, 4.69) is 5.32 Å². The van der Waals surface area contributed by atoms with E-state index in [0.29, 0.717) is 26.1 Å². The largest absolute Gasteiger partial charge is 0.356 e. The number of hydrogen-bond acceptors (Lipinski definition) is 2. The molecule has 0 aliphatic carbocycles. The van der Waals surface area contributed by atoms with Gasteiger partial charge in [0.15, 0.2) is 0 Å². The van der Waals surface area contributed by atoms with Crippen molar-refractivity contribution in [3.63, 3.8) is 0 Å². The van der Waals surface area contributed by atoms with Crippen molar-refractivity contribution in [1.82, 2.24) is 9.88 Å². The van der Waals surface area contributed by atoms with Gasteiger partial charge in [-0.3, -0.25) is 4.79 Å². The molecule has 4 nitrogen and oxygen atoms in total. The molecule has 3 N–H and O–H groups in total. The second-order valence-corrected chi connectivity index (χ2v) is 3.10. The quantitative estimate of drug-likeness (QED) is 0.717. The molecule has 0 radical (unpaired) electrons. The van der Waals surface area contributed by atoms with Crippen LogP contribution in [0.4, 0.5) is 0 Å². The minimum atomic E-state index is 0.0872. The Kier molecular flexibility index (Phi) is 4.19. The fourth-order valence-corrected chi connectivity index (χ4v) is 1.36. The number of hydrogen-bond donors (Lipinski definition) is 2. The second kappa shape index (κ2) is 5.44. The third-order valence-corrected chi connectivity index (χ3v) is 2.09. The normalized spacial score (nSPS) is 10.1. The molecule has 0 aliphatic rings. The van der Waals surface area contributed by atoms with E-state index in [9.17, 15) is 4.79 Å². The third kappa shape index (κ3) is 2.88. The summed E-state index contributed by atoms with van der Waals surface area (Å²) in [5.74, 6) is 0.0872. The van der Waals surface area contributed by atoms with Crippen LogP contribution in [0.15, 0.2) is 18.3 Å². The summed E-state index contributed by atoms with van der Waals surface area (Å²) < 4.78 is 2.01. The Balaban J connectivity index is 2.41. The van der Waals surface area contributed by atoms with Crippen LogP contribution in [0.2, 0.25) is 0 Å². The number of aryl methyl sites for hydroxylation is 1. The average molecular weight is 195 g/mol. The first-order valence-electron chi connectivity index (χ1n) is 4.88. The number of nitrogens with two attached hydrogens (primary N) is 1. The van der Waals surface area contributed by atoms with E-state index in [1.54, 1.807) is 0 Å². The van der Waals surface area contributed by atoms with Crippen molar-refractivity contribution in [2.24, 2.45) is 5.73 Å². The third-order valence-electron chi connectivity index (χ3n) is 2.09. The molecule has 0 spiro atoms. The molecule has 0 unspecified atom stereocenters. The highest BCUT2D eigenvalue weighted by Gasteiger charge is 2.02. The number of carbonyl (C=O) groups excluding carboxylic acids is 1. The van der Waals surface area contributed by atoms with Crippen LogP contribution in [0.5, 0.6) is 0 Å². The van der Waals surface area contributed by atoms with Gasteiger partial charge in [0.25, 0.3) is 0 Å². The van der Waals surface area contributed by atoms with Crippen LogP contribution in [-0.4, -0.2) is 17.0 Å². The summed E-state index contributed by atoms with van der Waals surface area (Å²) in [4.78, 5) is 11.2. The highest BCUT2D eigenvalue weighted by molar-refractivity contribution is 5.75. The number of aromatic nitrogens is 1. The summed E-state index contributed by atoms with van der Waals surface area (Å²) in [6.45, 7) is 3.82. The lowest BCUT2D eigenvalue weighted by atomic mass is 10.3. The van der Waals surface area contributed by atoms with Crippen molar-refractivity contribution in [2.45, 2.75) is 26.4 Å². The van der Waals surface area contributed by atoms with Gasteiger partial charge in [-0.1, -0.05) is 0 Å². The van der Waals surface area contributed by atoms with Crippen LogP contribution in [0, 0.1) is 0 Å². The molecule has 0 saturated carbocycles. The van der Waals surface area contributed by atoms with Crippen molar-refractivity contribution in [2.75, 3.05) is 6.54 Å². The zero-order chi connectivity index (χ0) is 10.4. The van der Waals surface area contributed by atoms with Crippen molar-refractivity contribution in [1.29, 1.82) is 0 Å². The van der Waals surface area contributed by atoms with E-state index < -0.39 is 0 Å². The summed E-state index contributed by atoms with van der Waals surface area (Å²) in [5.41, 5.74) is 6.60. The summed E-state index contributed by atoms with van der Waals surface area (Å²) >= 11 is 0. The SMILES string of the molecule is CCNC(=O)CCn1cccc1CN. The van der Waals surface area contributed by atoms with Crippen molar-refractivity contribution >= 4 is 5.91 Å². The van der Waals surface area contributed by atoms with Crippen LogP contribution in [-0.2, 0) is 17.9 Å². The minimum Gasteiger partial charge on any atom is -0.356 e. The van der Waals surface area contributed by atoms with E-state index in [1.165, 1.54) is 0 Å². The fourth-order valence-electron chi connectivity index (χ4n) is 1.36. The molecule has 1 heterocycles. The molecule has 1 aromatic rings. The molecule has 0 bridgehead atoms. The van der Waals surface area contributed by atoms with Crippen molar-refractivity contribution in [3.8, 4) is 0 Å². The molecule has 0 aliphatic heterocycles. The topological polar surface area (TPSA) is 60.0 Å². The first-order chi connectivity index (χ1) is 6.77. The monoisotopic (exact) mass is 195 g/mol. The Bertz CT molecular complexity index is 293. The number of rotatable bonds is 5. The Morgan fingerprint density at radius 2 is 2.43 bits per heavy atom. The molecule has 0 aromatic carbocycles. The first kappa shape index (κ1) is 10.8. The van der Waals surface area contributed by atoms with E-state index >= 15 is 0 Å². The summed E-state index contributed by atoms with van der Waals surface area (Å²) in [7, 11) is 0. The number of amides is 1. The Hall–Kier alpha value is -1.29. The zero-order valence-corrected chi connectivity index (χ0v) is 8.49. The van der Waals surface area contributed by atoms with E-state index in [4.69, 9.17) is 5.73 Å². The van der Waals surface area contributed by atoms with Crippen LogP contribution in [0.1, 0.15) is 19.0 Å². The highest BCUT2D eigenvalue weighted by Crippen LogP contribution is 2.02. The van der Waals surface area contributed by atoms with Gasteiger partial charge in [-0.2, -0.15) is 0 Å². The lowest BCUT2D eigenvalue weighted by Gasteiger charge is -2.07. The Labute approximate surface area is 84.1 Å². The predicted molar refractivity (Wildman–Crippen MR) is 55.6 cm³/mol. The molecule has 4 heteroatoms. The lowest BCUT2D eigenvalue weighted by molar-refractivity contribution is -0.121. The van der Waals surface area contributed by atoms with E-state index in [0.717, 1.165) is 5.69 Å². The molecule has 0 atom stereocenters. The van der Waals surface area contributed by atoms with Gasteiger partial charge in [-0.15, -0.1) is 0 Å². The van der Waals surface area contributed by atoms with E-state index in [1.807, 2.05) is 29.8 Å². The maximum atomic E-state index is 11.2. The summed E-state index contributed by atoms with van der Waals surface area (Å²) in [5, 5.41) is 2.76. The maximum Gasteiger partial charge on any atom is 0.221 e. The molecular weight excluding hydrogens is 178 g/mol. The fraction of sp³-hybridized carbons (Fsp3) is 0.500. The van der Waals surface area contributed by atoms with Crippen LogP contribution >= 0.6 is 0 Å². The summed E-state index contributed by atoms with van der Waals surface area (Å²) in [6, 6.07) is 3.91. The first-order valence-corrected chi connectivity index (χ1v) is 4.88. The van der Waals surface area contributed by atoms with Gasteiger partial charge >= 0.3 is 0 Å². The van der Waals surface area contributed by atoms with Gasteiger partial charge in [-0.25, -0.2) is 0 Å². The average Bonchev–Trinajstić information content (AvgIpc) is 2.62. The second-order valence-electron chi connectivity index (χ2n) is 3.10. The number of nitrogens with zero attached hydrogens (tertiary/aromatic N) is 1. The van der Waals surface area contributed by atoms with Gasteiger partial charge in [-0.05, 0) is 19.1 Å². The molecule has 1 rings (SSSR count). The standard InChI is InChI=1S/C10H17N3O/c1-2-12-10(14)5-7-13-6-3-4-9(13)8-11/h3-4,6H,2,5,7-8,11H2,1H3,(H,12,14). The molecule has 0 fully saturated rings. The van der Waals surface area contributed by atoms with Crippen LogP contribution < -0.4 is 11.1 Å². The minimum absolute atomic E-state index is 0.0872. The highest BCUT2D eigenvalue weighted by atomic mass is 16.1. The van der Waals surface area contributed by atoms with Gasteiger partial charge in [0.05, 0.1) is 0 Å². The lowest BCUT2D eigenvalue weighted by Crippen LogP contribution is -2.24. The molecule has 1 aromatic heterocycles. The number of nitrogens with one attached hydrogen (secondary N) is 1. The predicted octanol–water partition coefficient (Wildman–Crippen LogP) is 0.473. The van der Waals surface area contributed by atoms with Crippen LogP contribution in [0.3, 0.4) is 0 Å². The van der Waals surface area contributed by atoms with Gasteiger partial charge < -0.3 is 15.6 Å².